The number of thiophene rings is 1. The summed E-state index contributed by atoms with van der Waals surface area (Å²) in [6, 6.07) is 11.8. The molecule has 104 valence electrons. The molecular formula is C18H21NS. The summed E-state index contributed by atoms with van der Waals surface area (Å²) in [6.07, 6.45) is 7.97. The zero-order valence-corrected chi connectivity index (χ0v) is 12.6. The molecule has 0 saturated heterocycles. The van der Waals surface area contributed by atoms with E-state index in [0.29, 0.717) is 6.04 Å². The first kappa shape index (κ1) is 12.5. The topological polar surface area (TPSA) is 12.0 Å². The van der Waals surface area contributed by atoms with Crippen molar-refractivity contribution < 1.29 is 0 Å². The van der Waals surface area contributed by atoms with Gasteiger partial charge in [-0.05, 0) is 73.1 Å². The maximum Gasteiger partial charge on any atom is 0.0634 e. The molecule has 4 rings (SSSR count). The highest BCUT2D eigenvalue weighted by Crippen LogP contribution is 2.45. The van der Waals surface area contributed by atoms with Crippen LogP contribution < -0.4 is 5.32 Å². The Morgan fingerprint density at radius 1 is 1.05 bits per heavy atom. The minimum atomic E-state index is 0.531. The summed E-state index contributed by atoms with van der Waals surface area (Å²) < 4.78 is 0. The molecule has 0 aliphatic heterocycles. The highest BCUT2D eigenvalue weighted by molar-refractivity contribution is 7.10. The third-order valence-electron chi connectivity index (χ3n) is 4.65. The van der Waals surface area contributed by atoms with Crippen LogP contribution in [0.5, 0.6) is 0 Å². The van der Waals surface area contributed by atoms with E-state index in [9.17, 15) is 0 Å². The Morgan fingerprint density at radius 3 is 2.75 bits per heavy atom. The molecule has 0 amide bonds. The van der Waals surface area contributed by atoms with E-state index in [0.717, 1.165) is 5.92 Å². The van der Waals surface area contributed by atoms with Gasteiger partial charge in [0, 0.05) is 10.6 Å². The van der Waals surface area contributed by atoms with Crippen LogP contribution in [0.1, 0.15) is 47.7 Å². The number of anilines is 1. The van der Waals surface area contributed by atoms with E-state index in [1.807, 2.05) is 11.3 Å². The SMILES string of the molecule is c1csc(C(Nc2cccc3c2CCCC3)C2CC2)c1. The first-order chi connectivity index (χ1) is 9.92. The number of hydrogen-bond donors (Lipinski definition) is 1. The third kappa shape index (κ3) is 2.37. The Labute approximate surface area is 125 Å². The van der Waals surface area contributed by atoms with Crippen molar-refractivity contribution in [3.63, 3.8) is 0 Å². The van der Waals surface area contributed by atoms with Gasteiger partial charge in [-0.3, -0.25) is 0 Å². The minimum Gasteiger partial charge on any atom is -0.377 e. The van der Waals surface area contributed by atoms with Crippen molar-refractivity contribution in [3.05, 3.63) is 51.7 Å². The van der Waals surface area contributed by atoms with E-state index in [2.05, 4.69) is 41.0 Å². The summed E-state index contributed by atoms with van der Waals surface area (Å²) in [5, 5.41) is 6.08. The molecule has 2 aliphatic rings. The van der Waals surface area contributed by atoms with E-state index in [-0.39, 0.29) is 0 Å². The van der Waals surface area contributed by atoms with E-state index in [1.165, 1.54) is 49.1 Å². The molecule has 1 atom stereocenters. The smallest absolute Gasteiger partial charge is 0.0634 e. The van der Waals surface area contributed by atoms with Gasteiger partial charge in [0.25, 0.3) is 0 Å². The highest BCUT2D eigenvalue weighted by atomic mass is 32.1. The summed E-state index contributed by atoms with van der Waals surface area (Å²) in [5.74, 6) is 0.841. The Balaban J connectivity index is 1.64. The third-order valence-corrected chi connectivity index (χ3v) is 5.61. The van der Waals surface area contributed by atoms with Gasteiger partial charge in [0.1, 0.15) is 0 Å². The molecule has 1 fully saturated rings. The quantitative estimate of drug-likeness (QED) is 0.814. The van der Waals surface area contributed by atoms with Gasteiger partial charge < -0.3 is 5.32 Å². The van der Waals surface area contributed by atoms with Crippen molar-refractivity contribution in [1.29, 1.82) is 0 Å². The number of nitrogens with one attached hydrogen (secondary N) is 1. The Bertz CT molecular complexity index is 583. The van der Waals surface area contributed by atoms with Gasteiger partial charge in [-0.1, -0.05) is 18.2 Å². The lowest BCUT2D eigenvalue weighted by Gasteiger charge is -2.24. The maximum absolute atomic E-state index is 3.88. The molecule has 1 heterocycles. The lowest BCUT2D eigenvalue weighted by molar-refractivity contribution is 0.669. The number of rotatable bonds is 4. The van der Waals surface area contributed by atoms with Crippen molar-refractivity contribution >= 4 is 17.0 Å². The highest BCUT2D eigenvalue weighted by Gasteiger charge is 2.33. The van der Waals surface area contributed by atoms with Crippen molar-refractivity contribution in [2.24, 2.45) is 5.92 Å². The van der Waals surface area contributed by atoms with Crippen LogP contribution >= 0.6 is 11.3 Å². The van der Waals surface area contributed by atoms with Crippen LogP contribution in [0, 0.1) is 5.92 Å². The monoisotopic (exact) mass is 283 g/mol. The number of benzene rings is 1. The van der Waals surface area contributed by atoms with Gasteiger partial charge in [-0.25, -0.2) is 0 Å². The molecule has 2 aliphatic carbocycles. The predicted octanol–water partition coefficient (Wildman–Crippen LogP) is 5.19. The van der Waals surface area contributed by atoms with Gasteiger partial charge in [0.2, 0.25) is 0 Å². The lowest BCUT2D eigenvalue weighted by atomic mass is 9.90. The van der Waals surface area contributed by atoms with E-state index in [1.54, 1.807) is 11.1 Å². The van der Waals surface area contributed by atoms with Gasteiger partial charge in [0.15, 0.2) is 0 Å². The molecule has 1 nitrogen and oxygen atoms in total. The average molecular weight is 283 g/mol. The fourth-order valence-corrected chi connectivity index (χ4v) is 4.27. The second kappa shape index (κ2) is 5.25. The van der Waals surface area contributed by atoms with Crippen LogP contribution in [0.3, 0.4) is 0 Å². The molecule has 1 unspecified atom stereocenters. The van der Waals surface area contributed by atoms with Crippen LogP contribution in [0.25, 0.3) is 0 Å². The minimum absolute atomic E-state index is 0.531. The first-order valence-electron chi connectivity index (χ1n) is 7.82. The summed E-state index contributed by atoms with van der Waals surface area (Å²) >= 11 is 1.89. The fourth-order valence-electron chi connectivity index (χ4n) is 3.40. The molecule has 1 saturated carbocycles. The summed E-state index contributed by atoms with van der Waals surface area (Å²) in [5.41, 5.74) is 4.55. The summed E-state index contributed by atoms with van der Waals surface area (Å²) in [6.45, 7) is 0. The van der Waals surface area contributed by atoms with Gasteiger partial charge in [0.05, 0.1) is 6.04 Å². The van der Waals surface area contributed by atoms with Crippen molar-refractivity contribution in [2.45, 2.75) is 44.6 Å². The molecule has 1 N–H and O–H groups in total. The number of hydrogen-bond acceptors (Lipinski definition) is 2. The Morgan fingerprint density at radius 2 is 1.95 bits per heavy atom. The lowest BCUT2D eigenvalue weighted by Crippen LogP contribution is -2.15. The first-order valence-corrected chi connectivity index (χ1v) is 8.70. The van der Waals surface area contributed by atoms with Crippen LogP contribution in [-0.4, -0.2) is 0 Å². The molecule has 2 aromatic rings. The summed E-state index contributed by atoms with van der Waals surface area (Å²) in [4.78, 5) is 1.50. The van der Waals surface area contributed by atoms with Crippen molar-refractivity contribution in [1.82, 2.24) is 0 Å². The average Bonchev–Trinajstić information content (AvgIpc) is 3.19. The largest absolute Gasteiger partial charge is 0.377 e. The van der Waals surface area contributed by atoms with Gasteiger partial charge in [-0.15, -0.1) is 11.3 Å². The van der Waals surface area contributed by atoms with Crippen LogP contribution in [0.15, 0.2) is 35.7 Å². The summed E-state index contributed by atoms with van der Waals surface area (Å²) in [7, 11) is 0. The van der Waals surface area contributed by atoms with Crippen LogP contribution in [0.2, 0.25) is 0 Å². The maximum atomic E-state index is 3.88. The molecule has 0 radical (unpaired) electrons. The van der Waals surface area contributed by atoms with Gasteiger partial charge >= 0.3 is 0 Å². The van der Waals surface area contributed by atoms with Crippen LogP contribution in [0.4, 0.5) is 5.69 Å². The Hall–Kier alpha value is -1.28. The van der Waals surface area contributed by atoms with Crippen molar-refractivity contribution in [2.75, 3.05) is 5.32 Å². The molecule has 1 aromatic heterocycles. The Kier molecular flexibility index (Phi) is 3.27. The predicted molar refractivity (Wildman–Crippen MR) is 86.5 cm³/mol. The molecule has 0 spiro atoms. The van der Waals surface area contributed by atoms with E-state index >= 15 is 0 Å². The van der Waals surface area contributed by atoms with Gasteiger partial charge in [-0.2, -0.15) is 0 Å². The number of aryl methyl sites for hydroxylation is 1. The van der Waals surface area contributed by atoms with E-state index in [4.69, 9.17) is 0 Å². The molecular weight excluding hydrogens is 262 g/mol. The molecule has 20 heavy (non-hydrogen) atoms. The van der Waals surface area contributed by atoms with E-state index < -0.39 is 0 Å². The zero-order chi connectivity index (χ0) is 13.4. The normalized spacial score (nSPS) is 19.4. The zero-order valence-electron chi connectivity index (χ0n) is 11.8. The fraction of sp³-hybridized carbons (Fsp3) is 0.444. The molecule has 2 heteroatoms. The van der Waals surface area contributed by atoms with Crippen molar-refractivity contribution in [3.8, 4) is 0 Å². The molecule has 1 aromatic carbocycles. The number of fused-ring (bicyclic) bond motifs is 1. The second-order valence-electron chi connectivity index (χ2n) is 6.13. The standard InChI is InChI=1S/C18H21NS/c1-2-7-15-13(5-1)6-3-8-16(15)19-18(14-10-11-14)17-9-4-12-20-17/h3-4,6,8-9,12,14,18-19H,1-2,5,7,10-11H2. The second-order valence-corrected chi connectivity index (χ2v) is 7.10. The molecule has 0 bridgehead atoms. The van der Waals surface area contributed by atoms with Crippen LogP contribution in [-0.2, 0) is 12.8 Å².